The van der Waals surface area contributed by atoms with E-state index in [0.29, 0.717) is 16.6 Å². The number of thioether (sulfide) groups is 1. The van der Waals surface area contributed by atoms with E-state index in [4.69, 9.17) is 5.73 Å². The van der Waals surface area contributed by atoms with E-state index in [1.807, 2.05) is 13.8 Å². The number of nitrogens with zero attached hydrogens (tertiary/aromatic N) is 3. The first-order chi connectivity index (χ1) is 7.41. The molecule has 0 aliphatic carbocycles. The van der Waals surface area contributed by atoms with Crippen molar-refractivity contribution in [2.75, 3.05) is 11.5 Å². The fraction of sp³-hybridized carbons (Fsp3) is 0.556. The minimum Gasteiger partial charge on any atom is -0.368 e. The van der Waals surface area contributed by atoms with E-state index in [-0.39, 0.29) is 11.6 Å². The Bertz CT molecular complexity index is 409. The lowest BCUT2D eigenvalue weighted by Gasteiger charge is -2.06. The summed E-state index contributed by atoms with van der Waals surface area (Å²) in [4.78, 5) is 18.1. The van der Waals surface area contributed by atoms with Gasteiger partial charge in [-0.1, -0.05) is 25.6 Å². The summed E-state index contributed by atoms with van der Waals surface area (Å²) < 4.78 is 0. The van der Waals surface area contributed by atoms with Gasteiger partial charge in [-0.2, -0.15) is 4.98 Å². The number of hydrogen-bond acceptors (Lipinski definition) is 6. The molecule has 0 saturated carbocycles. The molecule has 1 heterocycles. The maximum atomic E-state index is 10.9. The first kappa shape index (κ1) is 12.7. The van der Waals surface area contributed by atoms with Crippen LogP contribution in [0.1, 0.15) is 19.5 Å². The van der Waals surface area contributed by atoms with Gasteiger partial charge in [0, 0.05) is 5.75 Å². The summed E-state index contributed by atoms with van der Waals surface area (Å²) in [5.41, 5.74) is 5.74. The van der Waals surface area contributed by atoms with Crippen molar-refractivity contribution in [3.8, 4) is 0 Å². The Morgan fingerprint density at radius 1 is 1.50 bits per heavy atom. The molecule has 0 amide bonds. The Kier molecular flexibility index (Phi) is 4.05. The maximum Gasteiger partial charge on any atom is 0.322 e. The van der Waals surface area contributed by atoms with Crippen LogP contribution in [0.3, 0.4) is 0 Å². The normalized spacial score (nSPS) is 10.8. The van der Waals surface area contributed by atoms with Crippen molar-refractivity contribution in [1.29, 1.82) is 0 Å². The zero-order valence-corrected chi connectivity index (χ0v) is 10.2. The predicted molar refractivity (Wildman–Crippen MR) is 63.4 cm³/mol. The first-order valence-electron chi connectivity index (χ1n) is 4.83. The third-order valence-corrected chi connectivity index (χ3v) is 3.17. The highest BCUT2D eigenvalue weighted by Gasteiger charge is 2.21. The smallest absolute Gasteiger partial charge is 0.322 e. The Morgan fingerprint density at radius 3 is 2.62 bits per heavy atom. The molecule has 0 fully saturated rings. The van der Waals surface area contributed by atoms with Gasteiger partial charge in [-0.05, 0) is 12.8 Å². The zero-order valence-electron chi connectivity index (χ0n) is 9.43. The van der Waals surface area contributed by atoms with E-state index in [9.17, 15) is 10.1 Å². The third-order valence-electron chi connectivity index (χ3n) is 1.78. The van der Waals surface area contributed by atoms with Crippen molar-refractivity contribution in [3.05, 3.63) is 15.8 Å². The van der Waals surface area contributed by atoms with Crippen molar-refractivity contribution >= 4 is 23.4 Å². The van der Waals surface area contributed by atoms with Crippen LogP contribution in [0, 0.1) is 23.0 Å². The average molecular weight is 242 g/mol. The lowest BCUT2D eigenvalue weighted by Crippen LogP contribution is -2.05. The molecule has 0 aliphatic heterocycles. The van der Waals surface area contributed by atoms with Crippen LogP contribution in [-0.4, -0.2) is 20.6 Å². The minimum atomic E-state index is -0.461. The number of nitro groups is 1. The number of aryl methyl sites for hydroxylation is 1. The van der Waals surface area contributed by atoms with Crippen molar-refractivity contribution in [3.63, 3.8) is 0 Å². The van der Waals surface area contributed by atoms with E-state index >= 15 is 0 Å². The fourth-order valence-electron chi connectivity index (χ4n) is 1.12. The summed E-state index contributed by atoms with van der Waals surface area (Å²) in [6.45, 7) is 5.64. The molecular formula is C9H14N4O2S. The summed E-state index contributed by atoms with van der Waals surface area (Å²) in [5, 5.41) is 11.2. The molecule has 2 N–H and O–H groups in total. The number of nitrogen functional groups attached to an aromatic ring is 1. The van der Waals surface area contributed by atoms with Gasteiger partial charge in [-0.25, -0.2) is 4.98 Å². The van der Waals surface area contributed by atoms with Crippen molar-refractivity contribution in [1.82, 2.24) is 9.97 Å². The molecule has 0 radical (unpaired) electrons. The molecule has 0 aliphatic rings. The van der Waals surface area contributed by atoms with Crippen molar-refractivity contribution in [2.24, 2.45) is 5.92 Å². The molecule has 88 valence electrons. The topological polar surface area (TPSA) is 94.9 Å². The second kappa shape index (κ2) is 5.11. The van der Waals surface area contributed by atoms with Crippen LogP contribution >= 0.6 is 11.8 Å². The molecule has 0 unspecified atom stereocenters. The second-order valence-corrected chi connectivity index (χ2v) is 4.79. The Hall–Kier alpha value is -1.37. The first-order valence-corrected chi connectivity index (χ1v) is 5.81. The molecule has 1 aromatic heterocycles. The molecule has 1 rings (SSSR count). The van der Waals surface area contributed by atoms with Crippen LogP contribution in [0.5, 0.6) is 0 Å². The van der Waals surface area contributed by atoms with E-state index < -0.39 is 4.92 Å². The maximum absolute atomic E-state index is 10.9. The van der Waals surface area contributed by atoms with Gasteiger partial charge in [0.15, 0.2) is 5.03 Å². The van der Waals surface area contributed by atoms with Gasteiger partial charge < -0.3 is 5.73 Å². The zero-order chi connectivity index (χ0) is 12.3. The highest BCUT2D eigenvalue weighted by atomic mass is 32.2. The lowest BCUT2D eigenvalue weighted by molar-refractivity contribution is -0.389. The van der Waals surface area contributed by atoms with Gasteiger partial charge in [-0.15, -0.1) is 0 Å². The summed E-state index contributed by atoms with van der Waals surface area (Å²) in [6, 6.07) is 0. The van der Waals surface area contributed by atoms with Crippen molar-refractivity contribution in [2.45, 2.75) is 25.8 Å². The minimum absolute atomic E-state index is 0.0418. The van der Waals surface area contributed by atoms with E-state index in [1.54, 1.807) is 6.92 Å². The van der Waals surface area contributed by atoms with Gasteiger partial charge >= 0.3 is 5.69 Å². The van der Waals surface area contributed by atoms with Crippen LogP contribution in [-0.2, 0) is 0 Å². The predicted octanol–water partition coefficient (Wildman–Crippen LogP) is 2.02. The third kappa shape index (κ3) is 3.06. The summed E-state index contributed by atoms with van der Waals surface area (Å²) in [5.74, 6) is 1.27. The molecular weight excluding hydrogens is 228 g/mol. The van der Waals surface area contributed by atoms with Crippen LogP contribution in [0.4, 0.5) is 11.6 Å². The molecule has 0 spiro atoms. The largest absolute Gasteiger partial charge is 0.368 e. The number of rotatable bonds is 4. The van der Waals surface area contributed by atoms with Gasteiger partial charge in [0.1, 0.15) is 5.69 Å². The van der Waals surface area contributed by atoms with Crippen molar-refractivity contribution < 1.29 is 4.92 Å². The standard InChI is InChI=1S/C9H14N4O2S/c1-5(2)4-16-8-7(13(14)15)6(3)11-9(10)12-8/h5H,4H2,1-3H3,(H2,10,11,12). The summed E-state index contributed by atoms with van der Waals surface area (Å²) in [6.07, 6.45) is 0. The van der Waals surface area contributed by atoms with E-state index in [1.165, 1.54) is 11.8 Å². The fourth-order valence-corrected chi connectivity index (χ4v) is 2.13. The van der Waals surface area contributed by atoms with Gasteiger partial charge in [-0.3, -0.25) is 10.1 Å². The SMILES string of the molecule is Cc1nc(N)nc(SCC(C)C)c1[N+](=O)[O-]. The molecule has 7 heteroatoms. The highest BCUT2D eigenvalue weighted by Crippen LogP contribution is 2.30. The average Bonchev–Trinajstić information content (AvgIpc) is 2.12. The number of nitrogens with two attached hydrogens (primary N) is 1. The molecule has 0 atom stereocenters. The van der Waals surface area contributed by atoms with Gasteiger partial charge in [0.25, 0.3) is 0 Å². The van der Waals surface area contributed by atoms with Crippen LogP contribution in [0.15, 0.2) is 5.03 Å². The number of anilines is 1. The van der Waals surface area contributed by atoms with E-state index in [0.717, 1.165) is 5.75 Å². The second-order valence-electron chi connectivity index (χ2n) is 3.78. The molecule has 0 saturated heterocycles. The van der Waals surface area contributed by atoms with Crippen LogP contribution in [0.2, 0.25) is 0 Å². The quantitative estimate of drug-likeness (QED) is 0.375. The number of hydrogen-bond donors (Lipinski definition) is 1. The highest BCUT2D eigenvalue weighted by molar-refractivity contribution is 7.99. The number of aromatic nitrogens is 2. The van der Waals surface area contributed by atoms with E-state index in [2.05, 4.69) is 9.97 Å². The Balaban J connectivity index is 3.09. The Labute approximate surface area is 97.8 Å². The van der Waals surface area contributed by atoms with Gasteiger partial charge in [0.05, 0.1) is 4.92 Å². The summed E-state index contributed by atoms with van der Waals surface area (Å²) in [7, 11) is 0. The lowest BCUT2D eigenvalue weighted by atomic mass is 10.3. The van der Waals surface area contributed by atoms with Gasteiger partial charge in [0.2, 0.25) is 5.95 Å². The molecule has 0 aromatic carbocycles. The molecule has 16 heavy (non-hydrogen) atoms. The monoisotopic (exact) mass is 242 g/mol. The van der Waals surface area contributed by atoms with Crippen LogP contribution < -0.4 is 5.73 Å². The molecule has 6 nitrogen and oxygen atoms in total. The van der Waals surface area contributed by atoms with Crippen LogP contribution in [0.25, 0.3) is 0 Å². The summed E-state index contributed by atoms with van der Waals surface area (Å²) >= 11 is 1.34. The Morgan fingerprint density at radius 2 is 2.12 bits per heavy atom. The molecule has 1 aromatic rings. The molecule has 0 bridgehead atoms.